The first-order chi connectivity index (χ1) is 14.6. The first kappa shape index (κ1) is 22.1. The van der Waals surface area contributed by atoms with E-state index in [4.69, 9.17) is 18.6 Å². The van der Waals surface area contributed by atoms with Crippen molar-refractivity contribution in [3.05, 3.63) is 29.7 Å². The summed E-state index contributed by atoms with van der Waals surface area (Å²) in [5.74, 6) is 2.67. The highest BCUT2D eigenvalue weighted by Gasteiger charge is 2.15. The minimum absolute atomic E-state index is 0.0736. The molecule has 2 aromatic rings. The van der Waals surface area contributed by atoms with E-state index >= 15 is 0 Å². The van der Waals surface area contributed by atoms with Crippen LogP contribution < -0.4 is 14.8 Å². The lowest BCUT2D eigenvalue weighted by Crippen LogP contribution is -2.41. The van der Waals surface area contributed by atoms with E-state index < -0.39 is 0 Å². The standard InChI is InChI=1S/C22H31N3O5/c1-16-18(5-4-6-21(26)23-9-10-25-11-13-29-14-12-25)24-22(30-16)17-7-8-19(27-2)20(15-17)28-3/h7-8,15H,4-6,9-14H2,1-3H3,(H,23,26). The quantitative estimate of drug-likeness (QED) is 0.635. The summed E-state index contributed by atoms with van der Waals surface area (Å²) in [6.45, 7) is 6.85. The summed E-state index contributed by atoms with van der Waals surface area (Å²) >= 11 is 0. The molecule has 0 atom stereocenters. The summed E-state index contributed by atoms with van der Waals surface area (Å²) < 4.78 is 21.8. The van der Waals surface area contributed by atoms with Gasteiger partial charge in [-0.05, 0) is 38.0 Å². The average Bonchev–Trinajstić information content (AvgIpc) is 3.14. The fourth-order valence-corrected chi connectivity index (χ4v) is 3.44. The summed E-state index contributed by atoms with van der Waals surface area (Å²) in [7, 11) is 3.20. The Morgan fingerprint density at radius 3 is 2.70 bits per heavy atom. The molecule has 1 amide bonds. The number of nitrogens with one attached hydrogen (secondary N) is 1. The molecule has 1 aromatic carbocycles. The van der Waals surface area contributed by atoms with Crippen molar-refractivity contribution in [2.45, 2.75) is 26.2 Å². The third-order valence-electron chi connectivity index (χ3n) is 5.19. The van der Waals surface area contributed by atoms with Gasteiger partial charge in [0.1, 0.15) is 5.76 Å². The van der Waals surface area contributed by atoms with E-state index in [9.17, 15) is 4.79 Å². The number of nitrogens with zero attached hydrogens (tertiary/aromatic N) is 2. The third-order valence-corrected chi connectivity index (χ3v) is 5.19. The summed E-state index contributed by atoms with van der Waals surface area (Å²) in [5, 5.41) is 2.99. The lowest BCUT2D eigenvalue weighted by Gasteiger charge is -2.26. The third kappa shape index (κ3) is 5.96. The fraction of sp³-hybridized carbons (Fsp3) is 0.545. The van der Waals surface area contributed by atoms with Gasteiger partial charge in [0.15, 0.2) is 11.5 Å². The predicted molar refractivity (Wildman–Crippen MR) is 113 cm³/mol. The number of carbonyl (C=O) groups excluding carboxylic acids is 1. The van der Waals surface area contributed by atoms with Crippen molar-refractivity contribution in [3.8, 4) is 23.0 Å². The van der Waals surface area contributed by atoms with Crippen LogP contribution in [0, 0.1) is 6.92 Å². The van der Waals surface area contributed by atoms with Crippen LogP contribution in [0.3, 0.4) is 0 Å². The number of oxazole rings is 1. The first-order valence-corrected chi connectivity index (χ1v) is 10.4. The number of morpholine rings is 1. The summed E-state index contributed by atoms with van der Waals surface area (Å²) in [4.78, 5) is 19.0. The van der Waals surface area contributed by atoms with Crippen LogP contribution in [0.2, 0.25) is 0 Å². The van der Waals surface area contributed by atoms with Gasteiger partial charge in [-0.1, -0.05) is 0 Å². The zero-order chi connectivity index (χ0) is 21.3. The topological polar surface area (TPSA) is 86.1 Å². The zero-order valence-corrected chi connectivity index (χ0v) is 18.0. The molecule has 1 N–H and O–H groups in total. The van der Waals surface area contributed by atoms with E-state index in [2.05, 4.69) is 15.2 Å². The van der Waals surface area contributed by atoms with E-state index in [0.717, 1.165) is 56.3 Å². The Kier molecular flexibility index (Phi) is 8.10. The number of hydrogen-bond acceptors (Lipinski definition) is 7. The van der Waals surface area contributed by atoms with Crippen molar-refractivity contribution in [1.82, 2.24) is 15.2 Å². The van der Waals surface area contributed by atoms with E-state index in [0.29, 0.717) is 36.8 Å². The molecule has 1 aliphatic rings. The molecule has 0 aliphatic carbocycles. The number of aromatic nitrogens is 1. The number of benzene rings is 1. The Bertz CT molecular complexity index is 830. The van der Waals surface area contributed by atoms with Crippen LogP contribution in [-0.4, -0.2) is 69.4 Å². The minimum atomic E-state index is 0.0736. The summed E-state index contributed by atoms with van der Waals surface area (Å²) in [6.07, 6.45) is 1.89. The predicted octanol–water partition coefficient (Wildman–Crippen LogP) is 2.44. The maximum absolute atomic E-state index is 12.1. The SMILES string of the molecule is COc1ccc(-c2nc(CCCC(=O)NCCN3CCOCC3)c(C)o2)cc1OC. The molecule has 8 heteroatoms. The van der Waals surface area contributed by atoms with Crippen LogP contribution in [0.1, 0.15) is 24.3 Å². The smallest absolute Gasteiger partial charge is 0.226 e. The molecular formula is C22H31N3O5. The number of ether oxygens (including phenoxy) is 3. The van der Waals surface area contributed by atoms with Gasteiger partial charge in [0.05, 0.1) is 33.1 Å². The van der Waals surface area contributed by atoms with E-state index in [1.165, 1.54) is 0 Å². The molecule has 30 heavy (non-hydrogen) atoms. The Labute approximate surface area is 177 Å². The Morgan fingerprint density at radius 1 is 1.20 bits per heavy atom. The largest absolute Gasteiger partial charge is 0.493 e. The van der Waals surface area contributed by atoms with Gasteiger partial charge in [-0.15, -0.1) is 0 Å². The maximum atomic E-state index is 12.1. The van der Waals surface area contributed by atoms with Crippen LogP contribution in [0.4, 0.5) is 0 Å². The van der Waals surface area contributed by atoms with Crippen molar-refractivity contribution in [2.24, 2.45) is 0 Å². The minimum Gasteiger partial charge on any atom is -0.493 e. The van der Waals surface area contributed by atoms with Gasteiger partial charge in [0.2, 0.25) is 11.8 Å². The Hall–Kier alpha value is -2.58. The van der Waals surface area contributed by atoms with Crippen molar-refractivity contribution in [3.63, 3.8) is 0 Å². The first-order valence-electron chi connectivity index (χ1n) is 10.4. The molecule has 0 bridgehead atoms. The molecule has 164 valence electrons. The van der Waals surface area contributed by atoms with Gasteiger partial charge in [0.25, 0.3) is 0 Å². The second-order valence-corrected chi connectivity index (χ2v) is 7.25. The zero-order valence-electron chi connectivity index (χ0n) is 18.0. The molecule has 2 heterocycles. The van der Waals surface area contributed by atoms with Crippen molar-refractivity contribution < 1.29 is 23.4 Å². The number of hydrogen-bond donors (Lipinski definition) is 1. The number of rotatable bonds is 10. The average molecular weight is 418 g/mol. The molecule has 0 saturated carbocycles. The fourth-order valence-electron chi connectivity index (χ4n) is 3.44. The number of carbonyl (C=O) groups is 1. The number of aryl methyl sites for hydroxylation is 2. The van der Waals surface area contributed by atoms with Gasteiger partial charge in [-0.2, -0.15) is 0 Å². The van der Waals surface area contributed by atoms with Gasteiger partial charge in [-0.3, -0.25) is 9.69 Å². The van der Waals surface area contributed by atoms with E-state index in [-0.39, 0.29) is 5.91 Å². The van der Waals surface area contributed by atoms with Crippen LogP contribution in [0.25, 0.3) is 11.5 Å². The van der Waals surface area contributed by atoms with Crippen LogP contribution >= 0.6 is 0 Å². The molecule has 1 aromatic heterocycles. The monoisotopic (exact) mass is 417 g/mol. The van der Waals surface area contributed by atoms with Gasteiger partial charge < -0.3 is 23.9 Å². The maximum Gasteiger partial charge on any atom is 0.226 e. The van der Waals surface area contributed by atoms with Crippen molar-refractivity contribution in [2.75, 3.05) is 53.6 Å². The number of methoxy groups -OCH3 is 2. The molecule has 8 nitrogen and oxygen atoms in total. The van der Waals surface area contributed by atoms with Crippen molar-refractivity contribution >= 4 is 5.91 Å². The summed E-state index contributed by atoms with van der Waals surface area (Å²) in [6, 6.07) is 5.56. The van der Waals surface area contributed by atoms with E-state index in [1.807, 2.05) is 25.1 Å². The van der Waals surface area contributed by atoms with Gasteiger partial charge in [0, 0.05) is 38.2 Å². The Morgan fingerprint density at radius 2 is 1.97 bits per heavy atom. The molecule has 1 saturated heterocycles. The van der Waals surface area contributed by atoms with Gasteiger partial charge in [-0.25, -0.2) is 4.98 Å². The second-order valence-electron chi connectivity index (χ2n) is 7.25. The number of amides is 1. The highest BCUT2D eigenvalue weighted by atomic mass is 16.5. The van der Waals surface area contributed by atoms with E-state index in [1.54, 1.807) is 14.2 Å². The lowest BCUT2D eigenvalue weighted by molar-refractivity contribution is -0.121. The lowest BCUT2D eigenvalue weighted by atomic mass is 10.1. The van der Waals surface area contributed by atoms with Gasteiger partial charge >= 0.3 is 0 Å². The molecule has 1 aliphatic heterocycles. The van der Waals surface area contributed by atoms with Crippen LogP contribution in [0.15, 0.2) is 22.6 Å². The highest BCUT2D eigenvalue weighted by molar-refractivity contribution is 5.75. The van der Waals surface area contributed by atoms with Crippen LogP contribution in [0.5, 0.6) is 11.5 Å². The molecule has 0 spiro atoms. The summed E-state index contributed by atoms with van der Waals surface area (Å²) in [5.41, 5.74) is 1.70. The normalized spacial score (nSPS) is 14.5. The second kappa shape index (κ2) is 11.0. The highest BCUT2D eigenvalue weighted by Crippen LogP contribution is 2.32. The molecular weight excluding hydrogens is 386 g/mol. The molecule has 0 radical (unpaired) electrons. The van der Waals surface area contributed by atoms with Crippen molar-refractivity contribution in [1.29, 1.82) is 0 Å². The molecule has 0 unspecified atom stereocenters. The van der Waals surface area contributed by atoms with Crippen LogP contribution in [-0.2, 0) is 16.0 Å². The molecule has 3 rings (SSSR count). The molecule has 1 fully saturated rings. The Balaban J connectivity index is 1.46.